The molecule has 0 aliphatic carbocycles. The monoisotopic (exact) mass is 375 g/mol. The Morgan fingerprint density at radius 3 is 2.36 bits per heavy atom. The minimum atomic E-state index is -1.08. The quantitative estimate of drug-likeness (QED) is 0.613. The summed E-state index contributed by atoms with van der Waals surface area (Å²) in [6.07, 6.45) is 2.96. The number of aromatic nitrogens is 1. The lowest BCUT2D eigenvalue weighted by Gasteiger charge is -2.10. The fraction of sp³-hybridized carbons (Fsp3) is 0.0476. The fourth-order valence-electron chi connectivity index (χ4n) is 2.64. The van der Waals surface area contributed by atoms with E-state index in [1.165, 1.54) is 12.3 Å². The van der Waals surface area contributed by atoms with E-state index in [0.717, 1.165) is 0 Å². The predicted molar refractivity (Wildman–Crippen MR) is 104 cm³/mol. The summed E-state index contributed by atoms with van der Waals surface area (Å²) in [5, 5.41) is 14.7. The van der Waals surface area contributed by atoms with Crippen LogP contribution in [0, 0.1) is 0 Å². The van der Waals surface area contributed by atoms with Gasteiger partial charge in [-0.05, 0) is 42.0 Å². The second kappa shape index (κ2) is 8.59. The topological polar surface area (TPSA) is 108 Å². The van der Waals surface area contributed by atoms with Crippen molar-refractivity contribution < 1.29 is 19.5 Å². The lowest BCUT2D eigenvalue weighted by Crippen LogP contribution is -2.17. The van der Waals surface area contributed by atoms with Crippen molar-refractivity contribution in [1.82, 2.24) is 4.98 Å². The molecule has 0 bridgehead atoms. The Kier molecular flexibility index (Phi) is 5.76. The highest BCUT2D eigenvalue weighted by Crippen LogP contribution is 2.17. The van der Waals surface area contributed by atoms with E-state index in [1.807, 2.05) is 0 Å². The van der Waals surface area contributed by atoms with Crippen LogP contribution in [0.3, 0.4) is 0 Å². The number of pyridine rings is 1. The first-order chi connectivity index (χ1) is 13.5. The van der Waals surface area contributed by atoms with Crippen molar-refractivity contribution in [3.05, 3.63) is 89.7 Å². The van der Waals surface area contributed by atoms with Gasteiger partial charge in [0, 0.05) is 23.8 Å². The van der Waals surface area contributed by atoms with Gasteiger partial charge in [-0.1, -0.05) is 24.3 Å². The third kappa shape index (κ3) is 4.79. The molecule has 0 radical (unpaired) electrons. The van der Waals surface area contributed by atoms with Crippen LogP contribution in [-0.2, 0) is 11.2 Å². The van der Waals surface area contributed by atoms with Gasteiger partial charge >= 0.3 is 5.97 Å². The van der Waals surface area contributed by atoms with Gasteiger partial charge in [0.1, 0.15) is 0 Å². The number of hydrogen-bond donors (Lipinski definition) is 3. The number of amides is 2. The maximum absolute atomic E-state index is 12.3. The van der Waals surface area contributed by atoms with Gasteiger partial charge in [0.2, 0.25) is 5.91 Å². The van der Waals surface area contributed by atoms with E-state index in [4.69, 9.17) is 0 Å². The summed E-state index contributed by atoms with van der Waals surface area (Å²) in [7, 11) is 0. The van der Waals surface area contributed by atoms with Gasteiger partial charge in [0.05, 0.1) is 17.5 Å². The third-order valence-corrected chi connectivity index (χ3v) is 3.93. The number of rotatable bonds is 6. The molecule has 3 N–H and O–H groups in total. The SMILES string of the molecule is O=C(Cc1ccccc1C(=O)O)Nc1cccc(NC(=O)c2cccnc2)c1. The molecule has 1 aromatic heterocycles. The minimum absolute atomic E-state index is 0.0747. The number of carbonyl (C=O) groups is 3. The van der Waals surface area contributed by atoms with E-state index < -0.39 is 5.97 Å². The molecule has 0 aliphatic heterocycles. The fourth-order valence-corrected chi connectivity index (χ4v) is 2.64. The standard InChI is InChI=1S/C21H17N3O4/c25-19(11-14-5-1-2-9-18(14)21(27)28)23-16-7-3-8-17(12-16)24-20(26)15-6-4-10-22-13-15/h1-10,12-13H,11H2,(H,23,25)(H,24,26)(H,27,28). The Labute approximate surface area is 161 Å². The largest absolute Gasteiger partial charge is 0.478 e. The molecule has 3 rings (SSSR count). The van der Waals surface area contributed by atoms with Crippen LogP contribution in [0.5, 0.6) is 0 Å². The van der Waals surface area contributed by atoms with Crippen LogP contribution in [-0.4, -0.2) is 27.9 Å². The molecule has 0 saturated carbocycles. The Morgan fingerprint density at radius 2 is 1.64 bits per heavy atom. The molecule has 0 atom stereocenters. The van der Waals surface area contributed by atoms with Gasteiger partial charge in [-0.2, -0.15) is 0 Å². The van der Waals surface area contributed by atoms with Crippen molar-refractivity contribution in [3.63, 3.8) is 0 Å². The van der Waals surface area contributed by atoms with Crippen LogP contribution in [0.25, 0.3) is 0 Å². The molecule has 0 fully saturated rings. The maximum Gasteiger partial charge on any atom is 0.335 e. The first-order valence-electron chi connectivity index (χ1n) is 8.45. The molecule has 7 nitrogen and oxygen atoms in total. The van der Waals surface area contributed by atoms with Gasteiger partial charge in [0.15, 0.2) is 0 Å². The smallest absolute Gasteiger partial charge is 0.335 e. The normalized spacial score (nSPS) is 10.1. The lowest BCUT2D eigenvalue weighted by atomic mass is 10.0. The lowest BCUT2D eigenvalue weighted by molar-refractivity contribution is -0.115. The summed E-state index contributed by atoms with van der Waals surface area (Å²) >= 11 is 0. The van der Waals surface area contributed by atoms with E-state index in [-0.39, 0.29) is 23.8 Å². The zero-order valence-electron chi connectivity index (χ0n) is 14.8. The number of carboxylic acids is 1. The van der Waals surface area contributed by atoms with Crippen LogP contribution >= 0.6 is 0 Å². The molecule has 2 aromatic carbocycles. The summed E-state index contributed by atoms with van der Waals surface area (Å²) in [6, 6.07) is 16.4. The Morgan fingerprint density at radius 1 is 0.893 bits per heavy atom. The number of benzene rings is 2. The van der Waals surface area contributed by atoms with E-state index >= 15 is 0 Å². The number of nitrogens with one attached hydrogen (secondary N) is 2. The highest BCUT2D eigenvalue weighted by atomic mass is 16.4. The van der Waals surface area contributed by atoms with Crippen LogP contribution in [0.4, 0.5) is 11.4 Å². The maximum atomic E-state index is 12.3. The summed E-state index contributed by atoms with van der Waals surface area (Å²) in [5.41, 5.74) is 1.94. The summed E-state index contributed by atoms with van der Waals surface area (Å²) < 4.78 is 0. The molecule has 0 saturated heterocycles. The van der Waals surface area contributed by atoms with Gasteiger partial charge in [0.25, 0.3) is 5.91 Å². The molecule has 0 unspecified atom stereocenters. The third-order valence-electron chi connectivity index (χ3n) is 3.93. The van der Waals surface area contributed by atoms with E-state index in [9.17, 15) is 19.5 Å². The van der Waals surface area contributed by atoms with Gasteiger partial charge < -0.3 is 15.7 Å². The molecular weight excluding hydrogens is 358 g/mol. The van der Waals surface area contributed by atoms with Crippen molar-refractivity contribution in [2.24, 2.45) is 0 Å². The Bertz CT molecular complexity index is 1020. The second-order valence-electron chi connectivity index (χ2n) is 5.96. The second-order valence-corrected chi connectivity index (χ2v) is 5.96. The predicted octanol–water partition coefficient (Wildman–Crippen LogP) is 3.21. The molecule has 28 heavy (non-hydrogen) atoms. The highest BCUT2D eigenvalue weighted by Gasteiger charge is 2.13. The van der Waals surface area contributed by atoms with Gasteiger partial charge in [-0.25, -0.2) is 4.79 Å². The summed E-state index contributed by atoms with van der Waals surface area (Å²) in [5.74, 6) is -1.75. The molecular formula is C21H17N3O4. The number of nitrogens with zero attached hydrogens (tertiary/aromatic N) is 1. The number of aromatic carboxylic acids is 1. The number of carboxylic acid groups (broad SMARTS) is 1. The first kappa shape index (κ1) is 18.8. The number of anilines is 2. The van der Waals surface area contributed by atoms with E-state index in [0.29, 0.717) is 22.5 Å². The molecule has 2 amide bonds. The van der Waals surface area contributed by atoms with E-state index in [2.05, 4.69) is 15.6 Å². The van der Waals surface area contributed by atoms with Crippen molar-refractivity contribution in [1.29, 1.82) is 0 Å². The Hall–Kier alpha value is -4.00. The molecule has 0 spiro atoms. The van der Waals surface area contributed by atoms with Crippen molar-refractivity contribution >= 4 is 29.2 Å². The zero-order valence-corrected chi connectivity index (χ0v) is 14.8. The van der Waals surface area contributed by atoms with Crippen LogP contribution in [0.15, 0.2) is 73.1 Å². The first-order valence-corrected chi connectivity index (χ1v) is 8.45. The van der Waals surface area contributed by atoms with Gasteiger partial charge in [-0.3, -0.25) is 14.6 Å². The summed E-state index contributed by atoms with van der Waals surface area (Å²) in [6.45, 7) is 0. The van der Waals surface area contributed by atoms with Crippen molar-refractivity contribution in [2.75, 3.05) is 10.6 Å². The average molecular weight is 375 g/mol. The molecule has 1 heterocycles. The van der Waals surface area contributed by atoms with Crippen molar-refractivity contribution in [2.45, 2.75) is 6.42 Å². The molecule has 3 aromatic rings. The minimum Gasteiger partial charge on any atom is -0.478 e. The Balaban J connectivity index is 1.67. The van der Waals surface area contributed by atoms with Crippen molar-refractivity contribution in [3.8, 4) is 0 Å². The van der Waals surface area contributed by atoms with E-state index in [1.54, 1.807) is 60.8 Å². The summed E-state index contributed by atoms with van der Waals surface area (Å²) in [4.78, 5) is 39.7. The zero-order chi connectivity index (χ0) is 19.9. The van der Waals surface area contributed by atoms with Gasteiger partial charge in [-0.15, -0.1) is 0 Å². The molecule has 7 heteroatoms. The average Bonchev–Trinajstić information content (AvgIpc) is 2.69. The number of carbonyl (C=O) groups excluding carboxylic acids is 2. The van der Waals surface area contributed by atoms with Crippen LogP contribution < -0.4 is 10.6 Å². The highest BCUT2D eigenvalue weighted by molar-refractivity contribution is 6.04. The number of hydrogen-bond acceptors (Lipinski definition) is 4. The van der Waals surface area contributed by atoms with Crippen LogP contribution in [0.2, 0.25) is 0 Å². The molecule has 0 aliphatic rings. The van der Waals surface area contributed by atoms with Crippen LogP contribution in [0.1, 0.15) is 26.3 Å². The molecule has 140 valence electrons.